The second-order valence-electron chi connectivity index (χ2n) is 3.36. The molecule has 1 aromatic heterocycles. The van der Waals surface area contributed by atoms with Crippen LogP contribution in [0.5, 0.6) is 0 Å². The van der Waals surface area contributed by atoms with Crippen molar-refractivity contribution in [3.63, 3.8) is 0 Å². The third-order valence-corrected chi connectivity index (χ3v) is 2.75. The first kappa shape index (κ1) is 15.1. The largest absolute Gasteiger partial charge is 0.455 e. The number of nitrogens with one attached hydrogen (secondary N) is 1. The van der Waals surface area contributed by atoms with Gasteiger partial charge >= 0.3 is 12.1 Å². The molecule has 18 heavy (non-hydrogen) atoms. The molecule has 0 atom stereocenters. The van der Waals surface area contributed by atoms with Gasteiger partial charge in [-0.05, 0) is 6.92 Å². The highest BCUT2D eigenvalue weighted by atomic mass is 32.1. The van der Waals surface area contributed by atoms with Gasteiger partial charge < -0.3 is 10.1 Å². The molecule has 0 spiro atoms. The summed E-state index contributed by atoms with van der Waals surface area (Å²) < 4.78 is 64.8. The molecule has 1 N–H and O–H groups in total. The lowest BCUT2D eigenvalue weighted by molar-refractivity contribution is -0.297. The highest BCUT2D eigenvalue weighted by molar-refractivity contribution is 7.15. The van der Waals surface area contributed by atoms with Crippen molar-refractivity contribution >= 4 is 16.5 Å². The lowest BCUT2D eigenvalue weighted by Crippen LogP contribution is -2.40. The Balaban J connectivity index is 2.41. The standard InChI is InChI=1S/C9H11F5N2OS/c1-2-15-7-16-3-6(18-7)4-17-5-8(10,11)9(12,13)14/h3H,2,4-5H2,1H3,(H,15,16). The van der Waals surface area contributed by atoms with Crippen LogP contribution in [0.15, 0.2) is 6.20 Å². The van der Waals surface area contributed by atoms with E-state index in [-0.39, 0.29) is 6.61 Å². The van der Waals surface area contributed by atoms with Gasteiger partial charge in [-0.25, -0.2) is 4.98 Å². The topological polar surface area (TPSA) is 34.2 Å². The summed E-state index contributed by atoms with van der Waals surface area (Å²) in [5.74, 6) is -4.83. The van der Waals surface area contributed by atoms with E-state index in [1.165, 1.54) is 6.20 Å². The number of anilines is 1. The molecule has 0 bridgehead atoms. The zero-order valence-corrected chi connectivity index (χ0v) is 10.2. The van der Waals surface area contributed by atoms with E-state index < -0.39 is 18.7 Å². The molecule has 0 radical (unpaired) electrons. The van der Waals surface area contributed by atoms with Crippen molar-refractivity contribution in [2.45, 2.75) is 25.6 Å². The van der Waals surface area contributed by atoms with Crippen LogP contribution < -0.4 is 5.32 Å². The maximum absolute atomic E-state index is 12.5. The first-order chi connectivity index (χ1) is 8.26. The van der Waals surface area contributed by atoms with Crippen LogP contribution in [-0.4, -0.2) is 30.2 Å². The third kappa shape index (κ3) is 4.05. The normalized spacial score (nSPS) is 12.8. The number of hydrogen-bond acceptors (Lipinski definition) is 4. The summed E-state index contributed by atoms with van der Waals surface area (Å²) >= 11 is 1.14. The van der Waals surface area contributed by atoms with Crippen LogP contribution in [0.2, 0.25) is 0 Å². The Kier molecular flexibility index (Phi) is 4.85. The third-order valence-electron chi connectivity index (χ3n) is 1.82. The van der Waals surface area contributed by atoms with Crippen LogP contribution in [0.4, 0.5) is 27.1 Å². The lowest BCUT2D eigenvalue weighted by Gasteiger charge is -2.18. The van der Waals surface area contributed by atoms with E-state index in [2.05, 4.69) is 15.0 Å². The summed E-state index contributed by atoms with van der Waals surface area (Å²) in [4.78, 5) is 4.36. The molecule has 0 saturated carbocycles. The molecule has 0 fully saturated rings. The molecule has 9 heteroatoms. The fourth-order valence-corrected chi connectivity index (χ4v) is 1.79. The van der Waals surface area contributed by atoms with Crippen LogP contribution in [0.1, 0.15) is 11.8 Å². The monoisotopic (exact) mass is 290 g/mol. The molecular formula is C9H11F5N2OS. The number of aromatic nitrogens is 1. The smallest absolute Gasteiger partial charge is 0.369 e. The van der Waals surface area contributed by atoms with Crippen LogP contribution in [0.25, 0.3) is 0 Å². The van der Waals surface area contributed by atoms with Crippen molar-refractivity contribution in [3.8, 4) is 0 Å². The minimum absolute atomic E-state index is 0.325. The molecule has 0 unspecified atom stereocenters. The minimum Gasteiger partial charge on any atom is -0.369 e. The summed E-state index contributed by atoms with van der Waals surface area (Å²) in [5, 5.41) is 3.45. The predicted molar refractivity (Wildman–Crippen MR) is 56.9 cm³/mol. The number of ether oxygens (including phenoxy) is 1. The Morgan fingerprint density at radius 3 is 2.56 bits per heavy atom. The Bertz CT molecular complexity index is 379. The summed E-state index contributed by atoms with van der Waals surface area (Å²) in [6.07, 6.45) is -4.22. The SMILES string of the molecule is CCNc1ncc(COCC(F)(F)C(F)(F)F)s1. The van der Waals surface area contributed by atoms with Crippen LogP contribution in [-0.2, 0) is 11.3 Å². The van der Waals surface area contributed by atoms with Gasteiger partial charge in [-0.3, -0.25) is 0 Å². The Labute approximate surface area is 104 Å². The number of halogens is 5. The van der Waals surface area contributed by atoms with E-state index in [4.69, 9.17) is 0 Å². The second-order valence-corrected chi connectivity index (χ2v) is 4.47. The van der Waals surface area contributed by atoms with Gasteiger partial charge in [0.2, 0.25) is 0 Å². The molecule has 0 aliphatic heterocycles. The Morgan fingerprint density at radius 1 is 1.33 bits per heavy atom. The number of hydrogen-bond donors (Lipinski definition) is 1. The first-order valence-electron chi connectivity index (χ1n) is 4.97. The molecule has 1 heterocycles. The van der Waals surface area contributed by atoms with Crippen molar-refractivity contribution in [3.05, 3.63) is 11.1 Å². The van der Waals surface area contributed by atoms with Crippen LogP contribution in [0.3, 0.4) is 0 Å². The van der Waals surface area contributed by atoms with Crippen LogP contribution >= 0.6 is 11.3 Å². The van der Waals surface area contributed by atoms with Crippen LogP contribution in [0, 0.1) is 0 Å². The zero-order valence-electron chi connectivity index (χ0n) is 9.35. The number of thiazole rings is 1. The van der Waals surface area contributed by atoms with Gasteiger partial charge in [0.1, 0.15) is 6.61 Å². The molecule has 0 aliphatic rings. The summed E-state index contributed by atoms with van der Waals surface area (Å²) in [6, 6.07) is 0. The predicted octanol–water partition coefficient (Wildman–Crippen LogP) is 3.29. The quantitative estimate of drug-likeness (QED) is 0.816. The van der Waals surface area contributed by atoms with Gasteiger partial charge in [-0.15, -0.1) is 0 Å². The number of nitrogens with zero attached hydrogens (tertiary/aromatic N) is 1. The maximum atomic E-state index is 12.5. The van der Waals surface area contributed by atoms with Crippen molar-refractivity contribution in [1.29, 1.82) is 0 Å². The summed E-state index contributed by atoms with van der Waals surface area (Å²) in [5.41, 5.74) is 0. The van der Waals surface area contributed by atoms with Gasteiger partial charge in [-0.2, -0.15) is 22.0 Å². The molecule has 3 nitrogen and oxygen atoms in total. The first-order valence-corrected chi connectivity index (χ1v) is 5.79. The maximum Gasteiger partial charge on any atom is 0.455 e. The van der Waals surface area contributed by atoms with E-state index >= 15 is 0 Å². The van der Waals surface area contributed by atoms with Crippen molar-refractivity contribution < 1.29 is 26.7 Å². The Morgan fingerprint density at radius 2 is 2.00 bits per heavy atom. The average molecular weight is 290 g/mol. The van der Waals surface area contributed by atoms with Gasteiger partial charge in [0.05, 0.1) is 11.5 Å². The highest BCUT2D eigenvalue weighted by Gasteiger charge is 2.57. The molecule has 0 aromatic carbocycles. The molecule has 1 rings (SSSR count). The van der Waals surface area contributed by atoms with Crippen molar-refractivity contribution in [2.75, 3.05) is 18.5 Å². The Hall–Kier alpha value is -0.960. The van der Waals surface area contributed by atoms with Crippen molar-refractivity contribution in [1.82, 2.24) is 4.98 Å². The second kappa shape index (κ2) is 5.79. The minimum atomic E-state index is -5.59. The van der Waals surface area contributed by atoms with Gasteiger partial charge in [0, 0.05) is 12.7 Å². The summed E-state index contributed by atoms with van der Waals surface area (Å²) in [7, 11) is 0. The molecule has 104 valence electrons. The lowest BCUT2D eigenvalue weighted by atomic mass is 10.3. The average Bonchev–Trinajstić information content (AvgIpc) is 2.64. The zero-order chi connectivity index (χ0) is 13.8. The van der Waals surface area contributed by atoms with E-state index in [9.17, 15) is 22.0 Å². The molecule has 0 amide bonds. The molecular weight excluding hydrogens is 279 g/mol. The van der Waals surface area contributed by atoms with Gasteiger partial charge in [0.15, 0.2) is 5.13 Å². The van der Waals surface area contributed by atoms with Gasteiger partial charge in [-0.1, -0.05) is 11.3 Å². The number of rotatable bonds is 6. The van der Waals surface area contributed by atoms with E-state index in [1.807, 2.05) is 6.92 Å². The fourth-order valence-electron chi connectivity index (χ4n) is 0.969. The molecule has 0 aliphatic carbocycles. The summed E-state index contributed by atoms with van der Waals surface area (Å²) in [6.45, 7) is 0.473. The molecule has 1 aromatic rings. The van der Waals surface area contributed by atoms with E-state index in [0.29, 0.717) is 16.6 Å². The van der Waals surface area contributed by atoms with Gasteiger partial charge in [0.25, 0.3) is 0 Å². The fraction of sp³-hybridized carbons (Fsp3) is 0.667. The number of alkyl halides is 5. The van der Waals surface area contributed by atoms with E-state index in [0.717, 1.165) is 11.3 Å². The molecule has 0 saturated heterocycles. The van der Waals surface area contributed by atoms with E-state index in [1.54, 1.807) is 0 Å². The van der Waals surface area contributed by atoms with Crippen molar-refractivity contribution in [2.24, 2.45) is 0 Å². The highest BCUT2D eigenvalue weighted by Crippen LogP contribution is 2.35.